The van der Waals surface area contributed by atoms with Crippen LogP contribution in [-0.2, 0) is 22.5 Å². The Morgan fingerprint density at radius 1 is 0.971 bits per heavy atom. The second kappa shape index (κ2) is 11.0. The number of aromatic nitrogens is 1. The highest BCUT2D eigenvalue weighted by Gasteiger charge is 2.17. The van der Waals surface area contributed by atoms with E-state index in [0.717, 1.165) is 27.6 Å². The van der Waals surface area contributed by atoms with Gasteiger partial charge in [-0.05, 0) is 54.4 Å². The topological polar surface area (TPSA) is 72.4 Å². The predicted octanol–water partition coefficient (Wildman–Crippen LogP) is 4.69. The number of halogens is 1. The molecule has 0 saturated heterocycles. The lowest BCUT2D eigenvalue weighted by molar-refractivity contribution is -0.115. The van der Waals surface area contributed by atoms with E-state index in [0.29, 0.717) is 31.1 Å². The van der Waals surface area contributed by atoms with Crippen molar-refractivity contribution in [2.24, 2.45) is 0 Å². The number of ether oxygens (including phenoxy) is 1. The van der Waals surface area contributed by atoms with E-state index >= 15 is 0 Å². The summed E-state index contributed by atoms with van der Waals surface area (Å²) in [4.78, 5) is 25.5. The van der Waals surface area contributed by atoms with Crippen LogP contribution < -0.4 is 10.6 Å². The van der Waals surface area contributed by atoms with Crippen LogP contribution in [0.4, 0.5) is 10.1 Å². The summed E-state index contributed by atoms with van der Waals surface area (Å²) in [5, 5.41) is 6.63. The smallest absolute Gasteiger partial charge is 0.268 e. The van der Waals surface area contributed by atoms with Crippen LogP contribution in [-0.4, -0.2) is 36.6 Å². The summed E-state index contributed by atoms with van der Waals surface area (Å²) >= 11 is 0. The Kier molecular flexibility index (Phi) is 7.57. The molecular formula is C28H28FN3O3. The second-order valence-corrected chi connectivity index (χ2v) is 8.48. The molecular weight excluding hydrogens is 445 g/mol. The first-order valence-corrected chi connectivity index (χ1v) is 11.4. The van der Waals surface area contributed by atoms with Gasteiger partial charge in [0.05, 0.1) is 13.0 Å². The molecule has 0 unspecified atom stereocenters. The minimum atomic E-state index is -0.336. The first kappa shape index (κ1) is 24.2. The van der Waals surface area contributed by atoms with E-state index in [-0.39, 0.29) is 24.1 Å². The van der Waals surface area contributed by atoms with Gasteiger partial charge >= 0.3 is 0 Å². The van der Waals surface area contributed by atoms with E-state index in [4.69, 9.17) is 4.74 Å². The molecule has 7 heteroatoms. The van der Waals surface area contributed by atoms with Crippen molar-refractivity contribution in [2.45, 2.75) is 19.9 Å². The van der Waals surface area contributed by atoms with Crippen LogP contribution in [0.2, 0.25) is 0 Å². The first-order valence-electron chi connectivity index (χ1n) is 11.4. The van der Waals surface area contributed by atoms with Crippen LogP contribution >= 0.6 is 0 Å². The molecule has 1 heterocycles. The molecule has 0 saturated carbocycles. The number of anilines is 1. The zero-order valence-corrected chi connectivity index (χ0v) is 19.8. The van der Waals surface area contributed by atoms with Gasteiger partial charge in [-0.2, -0.15) is 0 Å². The zero-order chi connectivity index (χ0) is 24.8. The lowest BCUT2D eigenvalue weighted by Gasteiger charge is -2.12. The van der Waals surface area contributed by atoms with Gasteiger partial charge in [0.15, 0.2) is 0 Å². The van der Waals surface area contributed by atoms with Crippen LogP contribution in [0.3, 0.4) is 0 Å². The molecule has 35 heavy (non-hydrogen) atoms. The summed E-state index contributed by atoms with van der Waals surface area (Å²) in [5.74, 6) is -0.725. The average Bonchev–Trinajstić information content (AvgIpc) is 3.18. The molecule has 0 aliphatic rings. The molecule has 0 fully saturated rings. The van der Waals surface area contributed by atoms with Crippen molar-refractivity contribution in [3.05, 3.63) is 101 Å². The van der Waals surface area contributed by atoms with Gasteiger partial charge in [0.1, 0.15) is 11.5 Å². The van der Waals surface area contributed by atoms with Gasteiger partial charge in [0, 0.05) is 36.8 Å². The molecule has 0 atom stereocenters. The van der Waals surface area contributed by atoms with Crippen molar-refractivity contribution in [2.75, 3.05) is 25.6 Å². The maximum absolute atomic E-state index is 13.1. The number of carbonyl (C=O) groups excluding carboxylic acids is 2. The van der Waals surface area contributed by atoms with Gasteiger partial charge in [0.25, 0.3) is 5.91 Å². The minimum Gasteiger partial charge on any atom is -0.383 e. The SMILES string of the molecule is COCCNC(=O)c1cc2cc(NC(=O)Cc3ccc(F)cc3)ccc2n1Cc1cccc(C)c1. The fourth-order valence-corrected chi connectivity index (χ4v) is 4.05. The summed E-state index contributed by atoms with van der Waals surface area (Å²) in [6, 6.07) is 21.5. The number of fused-ring (bicyclic) bond motifs is 1. The number of nitrogens with one attached hydrogen (secondary N) is 2. The first-order chi connectivity index (χ1) is 16.9. The Hall–Kier alpha value is -3.97. The summed E-state index contributed by atoms with van der Waals surface area (Å²) in [6.07, 6.45) is 0.139. The van der Waals surface area contributed by atoms with Gasteiger partial charge in [-0.3, -0.25) is 9.59 Å². The van der Waals surface area contributed by atoms with E-state index in [1.165, 1.54) is 12.1 Å². The number of amides is 2. The van der Waals surface area contributed by atoms with Crippen LogP contribution in [0, 0.1) is 12.7 Å². The number of rotatable bonds is 9. The zero-order valence-electron chi connectivity index (χ0n) is 19.8. The van der Waals surface area contributed by atoms with Gasteiger partial charge in [-0.25, -0.2) is 4.39 Å². The van der Waals surface area contributed by atoms with E-state index in [9.17, 15) is 14.0 Å². The third-order valence-corrected chi connectivity index (χ3v) is 5.71. The maximum atomic E-state index is 13.1. The maximum Gasteiger partial charge on any atom is 0.268 e. The van der Waals surface area contributed by atoms with E-state index < -0.39 is 0 Å². The van der Waals surface area contributed by atoms with Gasteiger partial charge in [-0.1, -0.05) is 42.0 Å². The molecule has 3 aromatic carbocycles. The van der Waals surface area contributed by atoms with Crippen molar-refractivity contribution in [1.29, 1.82) is 0 Å². The third kappa shape index (κ3) is 6.13. The number of hydrogen-bond acceptors (Lipinski definition) is 3. The fourth-order valence-electron chi connectivity index (χ4n) is 4.05. The quantitative estimate of drug-likeness (QED) is 0.346. The number of carbonyl (C=O) groups is 2. The number of hydrogen-bond donors (Lipinski definition) is 2. The van der Waals surface area contributed by atoms with Gasteiger partial charge in [0.2, 0.25) is 5.91 Å². The Morgan fingerprint density at radius 3 is 2.51 bits per heavy atom. The van der Waals surface area contributed by atoms with Crippen molar-refractivity contribution >= 4 is 28.4 Å². The summed E-state index contributed by atoms with van der Waals surface area (Å²) in [6.45, 7) is 3.41. The highest BCUT2D eigenvalue weighted by molar-refractivity contribution is 6.00. The summed E-state index contributed by atoms with van der Waals surface area (Å²) in [5.41, 5.74) is 5.02. The normalized spacial score (nSPS) is 10.9. The standard InChI is InChI=1S/C28H28FN3O3/c1-19-4-3-5-21(14-19)18-32-25-11-10-24(31-27(33)15-20-6-8-23(29)9-7-20)16-22(25)17-26(32)28(34)30-12-13-35-2/h3-11,14,16-17H,12-13,15,18H2,1-2H3,(H,30,34)(H,31,33). The van der Waals surface area contributed by atoms with E-state index in [1.54, 1.807) is 19.2 Å². The molecule has 6 nitrogen and oxygen atoms in total. The molecule has 180 valence electrons. The average molecular weight is 474 g/mol. The van der Waals surface area contributed by atoms with Crippen LogP contribution in [0.1, 0.15) is 27.2 Å². The monoisotopic (exact) mass is 473 g/mol. The molecule has 4 aromatic rings. The molecule has 2 amide bonds. The van der Waals surface area contributed by atoms with Gasteiger partial charge < -0.3 is 19.9 Å². The molecule has 0 spiro atoms. The van der Waals surface area contributed by atoms with Crippen LogP contribution in [0.15, 0.2) is 72.8 Å². The number of nitrogens with zero attached hydrogens (tertiary/aromatic N) is 1. The van der Waals surface area contributed by atoms with E-state index in [1.807, 2.05) is 54.0 Å². The number of aryl methyl sites for hydroxylation is 1. The number of methoxy groups -OCH3 is 1. The molecule has 2 N–H and O–H groups in total. The lowest BCUT2D eigenvalue weighted by atomic mass is 10.1. The molecule has 0 aliphatic heterocycles. The highest BCUT2D eigenvalue weighted by atomic mass is 19.1. The number of benzene rings is 3. The Bertz CT molecular complexity index is 1350. The minimum absolute atomic E-state index is 0.139. The van der Waals surface area contributed by atoms with Crippen molar-refractivity contribution in [3.8, 4) is 0 Å². The van der Waals surface area contributed by atoms with Gasteiger partial charge in [-0.15, -0.1) is 0 Å². The third-order valence-electron chi connectivity index (χ3n) is 5.71. The molecule has 0 aliphatic carbocycles. The predicted molar refractivity (Wildman–Crippen MR) is 135 cm³/mol. The second-order valence-electron chi connectivity index (χ2n) is 8.48. The highest BCUT2D eigenvalue weighted by Crippen LogP contribution is 2.25. The van der Waals surface area contributed by atoms with Crippen molar-refractivity contribution in [3.63, 3.8) is 0 Å². The Morgan fingerprint density at radius 2 is 1.77 bits per heavy atom. The molecule has 0 radical (unpaired) electrons. The Balaban J connectivity index is 1.60. The summed E-state index contributed by atoms with van der Waals surface area (Å²) in [7, 11) is 1.59. The molecule has 4 rings (SSSR count). The Labute approximate surface area is 203 Å². The van der Waals surface area contributed by atoms with Crippen LogP contribution in [0.5, 0.6) is 0 Å². The van der Waals surface area contributed by atoms with Crippen LogP contribution in [0.25, 0.3) is 10.9 Å². The van der Waals surface area contributed by atoms with Crippen molar-refractivity contribution in [1.82, 2.24) is 9.88 Å². The fraction of sp³-hybridized carbons (Fsp3) is 0.214. The van der Waals surface area contributed by atoms with Crippen molar-refractivity contribution < 1.29 is 18.7 Å². The van der Waals surface area contributed by atoms with E-state index in [2.05, 4.69) is 16.7 Å². The molecule has 0 bridgehead atoms. The largest absolute Gasteiger partial charge is 0.383 e. The molecule has 1 aromatic heterocycles. The summed E-state index contributed by atoms with van der Waals surface area (Å²) < 4.78 is 20.1. The lowest BCUT2D eigenvalue weighted by Crippen LogP contribution is -2.29.